The van der Waals surface area contributed by atoms with E-state index in [9.17, 15) is 13.2 Å². The summed E-state index contributed by atoms with van der Waals surface area (Å²) in [5.74, 6) is -0.263. The Morgan fingerprint density at radius 2 is 1.89 bits per heavy atom. The predicted octanol–water partition coefficient (Wildman–Crippen LogP) is 4.32. The van der Waals surface area contributed by atoms with Crippen LogP contribution in [0.15, 0.2) is 48.9 Å². The second-order valence-electron chi connectivity index (χ2n) is 6.06. The van der Waals surface area contributed by atoms with Gasteiger partial charge >= 0.3 is 0 Å². The highest BCUT2D eigenvalue weighted by molar-refractivity contribution is 5.80. The number of hydrogen-bond donors (Lipinski definition) is 0. The van der Waals surface area contributed by atoms with Gasteiger partial charge in [-0.3, -0.25) is 9.67 Å². The van der Waals surface area contributed by atoms with Gasteiger partial charge in [0.2, 0.25) is 0 Å². The van der Waals surface area contributed by atoms with Crippen molar-refractivity contribution < 1.29 is 13.2 Å². The SMILES string of the molecule is Cc1nccc(Cn2ncc3ncc(-c4ccc(F)c(C(F)F)c4)cc32)n1. The number of aryl methyl sites for hydroxylation is 1. The predicted molar refractivity (Wildman–Crippen MR) is 93.8 cm³/mol. The van der Waals surface area contributed by atoms with Crippen molar-refractivity contribution in [3.63, 3.8) is 0 Å². The van der Waals surface area contributed by atoms with Crippen LogP contribution >= 0.6 is 0 Å². The molecule has 0 aliphatic carbocycles. The van der Waals surface area contributed by atoms with E-state index in [2.05, 4.69) is 20.1 Å². The van der Waals surface area contributed by atoms with E-state index < -0.39 is 17.8 Å². The molecule has 0 N–H and O–H groups in total. The molecule has 0 fully saturated rings. The second kappa shape index (κ2) is 6.79. The molecule has 1 aromatic carbocycles. The van der Waals surface area contributed by atoms with Crippen molar-refractivity contribution in [3.05, 3.63) is 71.8 Å². The first-order valence-electron chi connectivity index (χ1n) is 8.19. The number of alkyl halides is 2. The van der Waals surface area contributed by atoms with Crippen molar-refractivity contribution in [3.8, 4) is 11.1 Å². The maximum Gasteiger partial charge on any atom is 0.266 e. The van der Waals surface area contributed by atoms with Gasteiger partial charge in [-0.1, -0.05) is 6.07 Å². The average Bonchev–Trinajstić information content (AvgIpc) is 3.04. The van der Waals surface area contributed by atoms with Gasteiger partial charge in [-0.2, -0.15) is 5.10 Å². The van der Waals surface area contributed by atoms with E-state index >= 15 is 0 Å². The summed E-state index contributed by atoms with van der Waals surface area (Å²) in [6.07, 6.45) is 1.99. The Bertz CT molecular complexity index is 1120. The summed E-state index contributed by atoms with van der Waals surface area (Å²) in [5, 5.41) is 4.33. The fourth-order valence-electron chi connectivity index (χ4n) is 2.88. The zero-order chi connectivity index (χ0) is 19.0. The summed E-state index contributed by atoms with van der Waals surface area (Å²) < 4.78 is 41.3. The lowest BCUT2D eigenvalue weighted by atomic mass is 10.0. The van der Waals surface area contributed by atoms with Crippen LogP contribution in [0.3, 0.4) is 0 Å². The topological polar surface area (TPSA) is 56.5 Å². The number of nitrogens with zero attached hydrogens (tertiary/aromatic N) is 5. The molecule has 0 bridgehead atoms. The smallest absolute Gasteiger partial charge is 0.257 e. The monoisotopic (exact) mass is 369 g/mol. The molecule has 27 heavy (non-hydrogen) atoms. The van der Waals surface area contributed by atoms with Crippen molar-refractivity contribution in [2.24, 2.45) is 0 Å². The molecule has 8 heteroatoms. The Hall–Kier alpha value is -3.29. The number of pyridine rings is 1. The summed E-state index contributed by atoms with van der Waals surface area (Å²) in [7, 11) is 0. The highest BCUT2D eigenvalue weighted by atomic mass is 19.3. The van der Waals surface area contributed by atoms with E-state index in [1.807, 2.05) is 0 Å². The van der Waals surface area contributed by atoms with E-state index in [4.69, 9.17) is 0 Å². The quantitative estimate of drug-likeness (QED) is 0.538. The fraction of sp³-hybridized carbons (Fsp3) is 0.158. The first kappa shape index (κ1) is 17.1. The van der Waals surface area contributed by atoms with E-state index in [0.29, 0.717) is 29.0 Å². The zero-order valence-electron chi connectivity index (χ0n) is 14.3. The van der Waals surface area contributed by atoms with Crippen LogP contribution < -0.4 is 0 Å². The Kier molecular flexibility index (Phi) is 4.31. The molecule has 136 valence electrons. The van der Waals surface area contributed by atoms with Gasteiger partial charge in [0.15, 0.2) is 0 Å². The minimum atomic E-state index is -2.88. The standard InChI is InChI=1S/C19H14F3N5/c1-11-23-5-4-14(26-11)10-27-18-7-13(8-24-17(18)9-25-27)12-2-3-16(20)15(6-12)19(21)22/h2-9,19H,10H2,1H3. The number of hydrogen-bond acceptors (Lipinski definition) is 4. The lowest BCUT2D eigenvalue weighted by Gasteiger charge is -2.08. The molecule has 0 spiro atoms. The molecule has 0 unspecified atom stereocenters. The summed E-state index contributed by atoms with van der Waals surface area (Å²) in [6.45, 7) is 2.23. The Morgan fingerprint density at radius 1 is 1.04 bits per heavy atom. The number of aromatic nitrogens is 5. The Balaban J connectivity index is 1.75. The van der Waals surface area contributed by atoms with Gasteiger partial charge in [0.1, 0.15) is 17.2 Å². The van der Waals surface area contributed by atoms with Gasteiger partial charge in [-0.15, -0.1) is 0 Å². The van der Waals surface area contributed by atoms with Crippen LogP contribution in [0.2, 0.25) is 0 Å². The van der Waals surface area contributed by atoms with Crippen LogP contribution in [-0.2, 0) is 6.54 Å². The molecular formula is C19H14F3N5. The van der Waals surface area contributed by atoms with Crippen LogP contribution in [0.1, 0.15) is 23.5 Å². The third kappa shape index (κ3) is 3.38. The van der Waals surface area contributed by atoms with Gasteiger partial charge < -0.3 is 0 Å². The van der Waals surface area contributed by atoms with Crippen LogP contribution in [0, 0.1) is 12.7 Å². The number of benzene rings is 1. The summed E-state index contributed by atoms with van der Waals surface area (Å²) in [6, 6.07) is 7.25. The lowest BCUT2D eigenvalue weighted by Crippen LogP contribution is -2.04. The van der Waals surface area contributed by atoms with Crippen LogP contribution in [0.4, 0.5) is 13.2 Å². The molecule has 4 aromatic rings. The molecule has 0 saturated heterocycles. The molecule has 0 atom stereocenters. The highest BCUT2D eigenvalue weighted by Gasteiger charge is 2.15. The first-order valence-corrected chi connectivity index (χ1v) is 8.19. The van der Waals surface area contributed by atoms with E-state index in [1.54, 1.807) is 42.3 Å². The van der Waals surface area contributed by atoms with Gasteiger partial charge in [-0.25, -0.2) is 23.1 Å². The van der Waals surface area contributed by atoms with Crippen molar-refractivity contribution in [2.75, 3.05) is 0 Å². The lowest BCUT2D eigenvalue weighted by molar-refractivity contribution is 0.146. The normalized spacial score (nSPS) is 11.4. The molecule has 4 rings (SSSR count). The third-order valence-corrected chi connectivity index (χ3v) is 4.20. The van der Waals surface area contributed by atoms with E-state index in [1.165, 1.54) is 6.07 Å². The fourth-order valence-corrected chi connectivity index (χ4v) is 2.88. The number of fused-ring (bicyclic) bond motifs is 1. The summed E-state index contributed by atoms with van der Waals surface area (Å²) >= 11 is 0. The summed E-state index contributed by atoms with van der Waals surface area (Å²) in [5.41, 5.74) is 2.63. The van der Waals surface area contributed by atoms with Crippen molar-refractivity contribution >= 4 is 11.0 Å². The number of halogens is 3. The molecular weight excluding hydrogens is 355 g/mol. The minimum Gasteiger partial charge on any atom is -0.257 e. The molecule has 0 aliphatic rings. The maximum atomic E-state index is 13.6. The van der Waals surface area contributed by atoms with Crippen LogP contribution in [-0.4, -0.2) is 24.7 Å². The summed E-state index contributed by atoms with van der Waals surface area (Å²) in [4.78, 5) is 12.8. The van der Waals surface area contributed by atoms with Crippen molar-refractivity contribution in [1.29, 1.82) is 0 Å². The van der Waals surface area contributed by atoms with Gasteiger partial charge in [0, 0.05) is 18.0 Å². The average molecular weight is 369 g/mol. The largest absolute Gasteiger partial charge is 0.266 e. The second-order valence-corrected chi connectivity index (χ2v) is 6.06. The highest BCUT2D eigenvalue weighted by Crippen LogP contribution is 2.29. The van der Waals surface area contributed by atoms with Crippen LogP contribution in [0.5, 0.6) is 0 Å². The molecule has 0 radical (unpaired) electrons. The molecule has 3 aromatic heterocycles. The molecule has 0 aliphatic heterocycles. The van der Waals surface area contributed by atoms with Crippen LogP contribution in [0.25, 0.3) is 22.2 Å². The van der Waals surface area contributed by atoms with Gasteiger partial charge in [0.25, 0.3) is 6.43 Å². The van der Waals surface area contributed by atoms with Gasteiger partial charge in [-0.05, 0) is 36.8 Å². The van der Waals surface area contributed by atoms with Crippen molar-refractivity contribution in [2.45, 2.75) is 19.9 Å². The first-order chi connectivity index (χ1) is 13.0. The van der Waals surface area contributed by atoms with E-state index in [-0.39, 0.29) is 0 Å². The van der Waals surface area contributed by atoms with E-state index in [0.717, 1.165) is 23.3 Å². The van der Waals surface area contributed by atoms with Crippen molar-refractivity contribution in [1.82, 2.24) is 24.7 Å². The third-order valence-electron chi connectivity index (χ3n) is 4.20. The molecule has 0 saturated carbocycles. The molecule has 3 heterocycles. The zero-order valence-corrected chi connectivity index (χ0v) is 14.3. The maximum absolute atomic E-state index is 13.6. The minimum absolute atomic E-state index is 0.420. The molecule has 0 amide bonds. The molecule has 5 nitrogen and oxygen atoms in total. The number of rotatable bonds is 4. The van der Waals surface area contributed by atoms with Gasteiger partial charge in [0.05, 0.1) is 29.5 Å². The Labute approximate surface area is 152 Å². The Morgan fingerprint density at radius 3 is 2.67 bits per heavy atom.